The van der Waals surface area contributed by atoms with Gasteiger partial charge in [0.15, 0.2) is 0 Å². The molecule has 1 aromatic carbocycles. The van der Waals surface area contributed by atoms with Crippen LogP contribution in [-0.4, -0.2) is 39.9 Å². The SMILES string of the molecule is Fc1cc(OC[C@@H]2C[C@H]2CC2CCN(c3ncc(Cl)cn3)CC2)ccc1-c1nnc(C2CC2)o1. The van der Waals surface area contributed by atoms with Crippen LogP contribution in [0, 0.1) is 23.6 Å². The molecule has 0 bridgehead atoms. The number of anilines is 1. The highest BCUT2D eigenvalue weighted by atomic mass is 35.5. The highest BCUT2D eigenvalue weighted by Gasteiger charge is 2.39. The lowest BCUT2D eigenvalue weighted by molar-refractivity contribution is 0.278. The first-order chi connectivity index (χ1) is 16.6. The van der Waals surface area contributed by atoms with Gasteiger partial charge in [-0.3, -0.25) is 0 Å². The summed E-state index contributed by atoms with van der Waals surface area (Å²) < 4.78 is 26.2. The molecule has 0 N–H and O–H groups in total. The van der Waals surface area contributed by atoms with Gasteiger partial charge in [0, 0.05) is 25.1 Å². The predicted molar refractivity (Wildman–Crippen MR) is 125 cm³/mol. The van der Waals surface area contributed by atoms with Crippen molar-refractivity contribution in [2.45, 2.75) is 44.4 Å². The molecular formula is C25H27ClFN5O2. The Labute approximate surface area is 202 Å². The zero-order chi connectivity index (χ0) is 23.1. The van der Waals surface area contributed by atoms with Gasteiger partial charge in [-0.2, -0.15) is 0 Å². The number of hydrogen-bond donors (Lipinski definition) is 0. The molecule has 34 heavy (non-hydrogen) atoms. The fraction of sp³-hybridized carbons (Fsp3) is 0.520. The van der Waals surface area contributed by atoms with Crippen LogP contribution in [0.3, 0.4) is 0 Å². The Morgan fingerprint density at radius 1 is 1.06 bits per heavy atom. The molecular weight excluding hydrogens is 457 g/mol. The molecule has 1 aliphatic heterocycles. The minimum Gasteiger partial charge on any atom is -0.493 e. The molecule has 3 fully saturated rings. The molecule has 2 aromatic heterocycles. The second-order valence-electron chi connectivity index (χ2n) is 9.80. The lowest BCUT2D eigenvalue weighted by Gasteiger charge is -2.32. The summed E-state index contributed by atoms with van der Waals surface area (Å²) in [5, 5.41) is 8.60. The van der Waals surface area contributed by atoms with E-state index in [4.69, 9.17) is 20.8 Å². The monoisotopic (exact) mass is 483 g/mol. The molecule has 1 saturated heterocycles. The van der Waals surface area contributed by atoms with E-state index in [9.17, 15) is 4.39 Å². The van der Waals surface area contributed by atoms with Crippen molar-refractivity contribution < 1.29 is 13.5 Å². The number of nitrogens with zero attached hydrogens (tertiary/aromatic N) is 5. The van der Waals surface area contributed by atoms with Gasteiger partial charge in [0.2, 0.25) is 11.8 Å². The predicted octanol–water partition coefficient (Wildman–Crippen LogP) is 5.52. The zero-order valence-corrected chi connectivity index (χ0v) is 19.6. The molecule has 2 saturated carbocycles. The minimum atomic E-state index is -0.396. The van der Waals surface area contributed by atoms with E-state index in [1.807, 2.05) is 0 Å². The van der Waals surface area contributed by atoms with E-state index in [-0.39, 0.29) is 5.89 Å². The summed E-state index contributed by atoms with van der Waals surface area (Å²) in [6.07, 6.45) is 10.2. The summed E-state index contributed by atoms with van der Waals surface area (Å²) in [5.41, 5.74) is 0.325. The zero-order valence-electron chi connectivity index (χ0n) is 18.9. The second-order valence-corrected chi connectivity index (χ2v) is 10.2. The minimum absolute atomic E-state index is 0.238. The summed E-state index contributed by atoms with van der Waals surface area (Å²) in [5.74, 6) is 4.09. The average Bonchev–Trinajstić information content (AvgIpc) is 3.78. The van der Waals surface area contributed by atoms with Gasteiger partial charge in [0.05, 0.1) is 29.6 Å². The van der Waals surface area contributed by atoms with E-state index < -0.39 is 5.82 Å². The van der Waals surface area contributed by atoms with Gasteiger partial charge in [0.25, 0.3) is 5.89 Å². The van der Waals surface area contributed by atoms with Crippen molar-refractivity contribution in [3.63, 3.8) is 0 Å². The first-order valence-electron chi connectivity index (χ1n) is 12.1. The number of aromatic nitrogens is 4. The highest BCUT2D eigenvalue weighted by molar-refractivity contribution is 6.30. The lowest BCUT2D eigenvalue weighted by atomic mass is 9.91. The standard InChI is InChI=1S/C25H27ClFN5O2/c26-19-12-28-25(29-13-19)32-7-5-15(6-8-32)9-17-10-18(17)14-33-20-3-4-21(22(27)11-20)24-31-30-23(34-24)16-1-2-16/h3-4,11-13,15-18H,1-2,5-10,14H2/t17-,18+/m1/s1. The average molecular weight is 484 g/mol. The topological polar surface area (TPSA) is 77.2 Å². The van der Waals surface area contributed by atoms with E-state index in [1.54, 1.807) is 24.5 Å². The Morgan fingerprint density at radius 3 is 2.59 bits per heavy atom. The molecule has 3 aliphatic rings. The normalized spacial score (nSPS) is 22.7. The molecule has 0 spiro atoms. The number of benzene rings is 1. The maximum Gasteiger partial charge on any atom is 0.250 e. The maximum atomic E-state index is 14.6. The summed E-state index contributed by atoms with van der Waals surface area (Å²) in [6, 6.07) is 4.87. The van der Waals surface area contributed by atoms with E-state index in [0.717, 1.165) is 50.6 Å². The number of halogens is 2. The van der Waals surface area contributed by atoms with Gasteiger partial charge >= 0.3 is 0 Å². The number of ether oxygens (including phenoxy) is 1. The summed E-state index contributed by atoms with van der Waals surface area (Å²) >= 11 is 5.89. The van der Waals surface area contributed by atoms with E-state index in [2.05, 4.69) is 25.1 Å². The second kappa shape index (κ2) is 9.13. The highest BCUT2D eigenvalue weighted by Crippen LogP contribution is 2.45. The Morgan fingerprint density at radius 2 is 1.85 bits per heavy atom. The molecule has 178 valence electrons. The van der Waals surface area contributed by atoms with Gasteiger partial charge in [-0.05, 0) is 68.4 Å². The van der Waals surface area contributed by atoms with Crippen molar-refractivity contribution in [2.24, 2.45) is 17.8 Å². The largest absolute Gasteiger partial charge is 0.493 e. The molecule has 0 amide bonds. The first-order valence-corrected chi connectivity index (χ1v) is 12.5. The van der Waals surface area contributed by atoms with Crippen LogP contribution in [0.1, 0.15) is 50.3 Å². The summed E-state index contributed by atoms with van der Waals surface area (Å²) in [7, 11) is 0. The van der Waals surface area contributed by atoms with Gasteiger partial charge < -0.3 is 14.1 Å². The van der Waals surface area contributed by atoms with Gasteiger partial charge in [0.1, 0.15) is 11.6 Å². The van der Waals surface area contributed by atoms with Crippen molar-refractivity contribution in [1.29, 1.82) is 0 Å². The molecule has 9 heteroatoms. The number of rotatable bonds is 8. The van der Waals surface area contributed by atoms with E-state index >= 15 is 0 Å². The Bertz CT molecular complexity index is 1140. The lowest BCUT2D eigenvalue weighted by Crippen LogP contribution is -2.35. The van der Waals surface area contributed by atoms with Crippen LogP contribution >= 0.6 is 11.6 Å². The van der Waals surface area contributed by atoms with Crippen LogP contribution in [0.25, 0.3) is 11.5 Å². The Kier molecular flexibility index (Phi) is 5.85. The third-order valence-electron chi connectivity index (χ3n) is 7.21. The number of piperidine rings is 1. The van der Waals surface area contributed by atoms with Crippen molar-refractivity contribution in [3.05, 3.63) is 47.3 Å². The Balaban J connectivity index is 0.953. The Hall–Kier alpha value is -2.74. The quantitative estimate of drug-likeness (QED) is 0.417. The van der Waals surface area contributed by atoms with E-state index in [1.165, 1.54) is 18.9 Å². The third-order valence-corrected chi connectivity index (χ3v) is 7.41. The molecule has 0 unspecified atom stereocenters. The first kappa shape index (κ1) is 21.8. The van der Waals surface area contributed by atoms with Gasteiger partial charge in [-0.15, -0.1) is 10.2 Å². The van der Waals surface area contributed by atoms with Crippen LogP contribution in [0.5, 0.6) is 5.75 Å². The molecule has 0 radical (unpaired) electrons. The van der Waals surface area contributed by atoms with Gasteiger partial charge in [-0.25, -0.2) is 14.4 Å². The van der Waals surface area contributed by atoms with Crippen LogP contribution in [-0.2, 0) is 0 Å². The van der Waals surface area contributed by atoms with Gasteiger partial charge in [-0.1, -0.05) is 11.6 Å². The van der Waals surface area contributed by atoms with Crippen molar-refractivity contribution in [2.75, 3.05) is 24.6 Å². The summed E-state index contributed by atoms with van der Waals surface area (Å²) in [4.78, 5) is 10.9. The molecule has 2 atom stereocenters. The molecule has 3 aromatic rings. The van der Waals surface area contributed by atoms with E-state index in [0.29, 0.717) is 46.6 Å². The number of hydrogen-bond acceptors (Lipinski definition) is 7. The smallest absolute Gasteiger partial charge is 0.250 e. The van der Waals surface area contributed by atoms with Crippen molar-refractivity contribution in [1.82, 2.24) is 20.2 Å². The third kappa shape index (κ3) is 4.87. The summed E-state index contributed by atoms with van der Waals surface area (Å²) in [6.45, 7) is 2.59. The fourth-order valence-electron chi connectivity index (χ4n) is 4.87. The van der Waals surface area contributed by atoms with Crippen LogP contribution in [0.15, 0.2) is 35.0 Å². The molecule has 3 heterocycles. The van der Waals surface area contributed by atoms with Crippen LogP contribution < -0.4 is 9.64 Å². The van der Waals surface area contributed by atoms with Crippen LogP contribution in [0.2, 0.25) is 5.02 Å². The maximum absolute atomic E-state index is 14.6. The van der Waals surface area contributed by atoms with Crippen LogP contribution in [0.4, 0.5) is 10.3 Å². The molecule has 2 aliphatic carbocycles. The van der Waals surface area contributed by atoms with Crippen molar-refractivity contribution >= 4 is 17.5 Å². The van der Waals surface area contributed by atoms with Crippen molar-refractivity contribution in [3.8, 4) is 17.2 Å². The molecule has 6 rings (SSSR count). The molecule has 7 nitrogen and oxygen atoms in total. The fourth-order valence-corrected chi connectivity index (χ4v) is 4.97.